The first-order chi connectivity index (χ1) is 10.1. The monoisotopic (exact) mass is 322 g/mol. The molecule has 2 aromatic carbocycles. The van der Waals surface area contributed by atoms with Gasteiger partial charge >= 0.3 is 5.97 Å². The molecule has 0 radical (unpaired) electrons. The third-order valence-electron chi connectivity index (χ3n) is 2.72. The number of benzene rings is 2. The second-order valence-electron chi connectivity index (χ2n) is 4.23. The van der Waals surface area contributed by atoms with Crippen molar-refractivity contribution < 1.29 is 14.6 Å². The summed E-state index contributed by atoms with van der Waals surface area (Å²) in [5.74, 6) is -0.496. The van der Waals surface area contributed by atoms with Gasteiger partial charge in [0.05, 0.1) is 0 Å². The van der Waals surface area contributed by atoms with Crippen molar-refractivity contribution in [2.75, 3.05) is 0 Å². The molecule has 0 saturated carbocycles. The predicted molar refractivity (Wildman–Crippen MR) is 83.9 cm³/mol. The molecule has 0 saturated heterocycles. The Balaban J connectivity index is 2.20. The highest BCUT2D eigenvalue weighted by Crippen LogP contribution is 2.26. The highest BCUT2D eigenvalue weighted by Gasteiger charge is 2.05. The topological polar surface area (TPSA) is 46.5 Å². The van der Waals surface area contributed by atoms with Crippen LogP contribution in [0.1, 0.15) is 11.1 Å². The molecule has 5 heteroatoms. The van der Waals surface area contributed by atoms with Crippen molar-refractivity contribution in [1.29, 1.82) is 0 Å². The highest BCUT2D eigenvalue weighted by atomic mass is 35.5. The number of halogens is 2. The fourth-order valence-electron chi connectivity index (χ4n) is 1.71. The van der Waals surface area contributed by atoms with Gasteiger partial charge in [-0.05, 0) is 30.3 Å². The van der Waals surface area contributed by atoms with E-state index in [1.54, 1.807) is 24.3 Å². The first kappa shape index (κ1) is 15.4. The van der Waals surface area contributed by atoms with E-state index in [1.807, 2.05) is 18.2 Å². The number of ether oxygens (including phenoxy) is 1. The summed E-state index contributed by atoms with van der Waals surface area (Å²) in [4.78, 5) is 10.6. The summed E-state index contributed by atoms with van der Waals surface area (Å²) in [6.45, 7) is 0.287. The summed E-state index contributed by atoms with van der Waals surface area (Å²) in [5, 5.41) is 9.83. The van der Waals surface area contributed by atoms with Gasteiger partial charge in [0.2, 0.25) is 0 Å². The van der Waals surface area contributed by atoms with Crippen LogP contribution in [0.15, 0.2) is 48.5 Å². The van der Waals surface area contributed by atoms with Crippen LogP contribution in [0.4, 0.5) is 0 Å². The SMILES string of the molecule is O=C(O)/C=C\c1cc(Cl)ccc1OCc1ccccc1Cl. The molecule has 2 rings (SSSR count). The van der Waals surface area contributed by atoms with Gasteiger partial charge in [-0.2, -0.15) is 0 Å². The third kappa shape index (κ3) is 4.52. The number of carboxylic acid groups (broad SMARTS) is 1. The van der Waals surface area contributed by atoms with Crippen molar-refractivity contribution in [3.8, 4) is 5.75 Å². The number of carbonyl (C=O) groups is 1. The van der Waals surface area contributed by atoms with E-state index in [9.17, 15) is 4.79 Å². The van der Waals surface area contributed by atoms with Crippen molar-refractivity contribution in [2.24, 2.45) is 0 Å². The Hall–Kier alpha value is -1.97. The molecule has 0 atom stereocenters. The lowest BCUT2D eigenvalue weighted by atomic mass is 10.2. The van der Waals surface area contributed by atoms with Crippen molar-refractivity contribution in [3.05, 3.63) is 69.7 Å². The molecule has 1 N–H and O–H groups in total. The highest BCUT2D eigenvalue weighted by molar-refractivity contribution is 6.31. The molecule has 21 heavy (non-hydrogen) atoms. The zero-order valence-electron chi connectivity index (χ0n) is 10.9. The molecule has 0 unspecified atom stereocenters. The smallest absolute Gasteiger partial charge is 0.328 e. The molecule has 0 aliphatic carbocycles. The summed E-state index contributed by atoms with van der Waals surface area (Å²) in [6.07, 6.45) is 2.48. The minimum atomic E-state index is -1.04. The van der Waals surface area contributed by atoms with Gasteiger partial charge in [0.1, 0.15) is 12.4 Å². The standard InChI is InChI=1S/C16H12Cl2O3/c17-13-6-7-15(11(9-13)5-8-16(19)20)21-10-12-3-1-2-4-14(12)18/h1-9H,10H2,(H,19,20)/b8-5-. The molecule has 0 aromatic heterocycles. The maximum atomic E-state index is 10.6. The van der Waals surface area contributed by atoms with Gasteiger partial charge in [-0.1, -0.05) is 41.4 Å². The summed E-state index contributed by atoms with van der Waals surface area (Å²) in [6, 6.07) is 12.4. The van der Waals surface area contributed by atoms with E-state index in [-0.39, 0.29) is 6.61 Å². The molecule has 0 bridgehead atoms. The molecule has 0 aliphatic rings. The zero-order chi connectivity index (χ0) is 15.2. The Labute approximate surface area is 132 Å². The fourth-order valence-corrected chi connectivity index (χ4v) is 2.08. The van der Waals surface area contributed by atoms with Gasteiger partial charge in [-0.15, -0.1) is 0 Å². The van der Waals surface area contributed by atoms with E-state index in [4.69, 9.17) is 33.0 Å². The van der Waals surface area contributed by atoms with Crippen LogP contribution >= 0.6 is 23.2 Å². The summed E-state index contributed by atoms with van der Waals surface area (Å²) >= 11 is 12.0. The van der Waals surface area contributed by atoms with E-state index >= 15 is 0 Å². The molecule has 108 valence electrons. The first-order valence-corrected chi connectivity index (χ1v) is 6.88. The van der Waals surface area contributed by atoms with E-state index < -0.39 is 5.97 Å². The minimum Gasteiger partial charge on any atom is -0.488 e. The maximum absolute atomic E-state index is 10.6. The molecule has 0 spiro atoms. The van der Waals surface area contributed by atoms with E-state index in [0.717, 1.165) is 11.6 Å². The van der Waals surface area contributed by atoms with Crippen LogP contribution in [0.25, 0.3) is 6.08 Å². The lowest BCUT2D eigenvalue weighted by Crippen LogP contribution is -1.98. The fraction of sp³-hybridized carbons (Fsp3) is 0.0625. The lowest BCUT2D eigenvalue weighted by Gasteiger charge is -2.10. The summed E-state index contributed by atoms with van der Waals surface area (Å²) in [7, 11) is 0. The Morgan fingerprint density at radius 3 is 2.67 bits per heavy atom. The number of rotatable bonds is 5. The first-order valence-electron chi connectivity index (χ1n) is 6.13. The molecule has 0 heterocycles. The van der Waals surface area contributed by atoms with Gasteiger partial charge in [0.25, 0.3) is 0 Å². The van der Waals surface area contributed by atoms with Crippen LogP contribution in [-0.2, 0) is 11.4 Å². The van der Waals surface area contributed by atoms with Crippen LogP contribution in [0.3, 0.4) is 0 Å². The largest absolute Gasteiger partial charge is 0.488 e. The number of hydrogen-bond acceptors (Lipinski definition) is 2. The molecule has 0 aliphatic heterocycles. The number of hydrogen-bond donors (Lipinski definition) is 1. The average Bonchev–Trinajstić information content (AvgIpc) is 2.45. The van der Waals surface area contributed by atoms with Gasteiger partial charge in [-0.25, -0.2) is 4.79 Å². The van der Waals surface area contributed by atoms with Gasteiger partial charge in [0.15, 0.2) is 0 Å². The van der Waals surface area contributed by atoms with Crippen molar-refractivity contribution in [2.45, 2.75) is 6.61 Å². The minimum absolute atomic E-state index is 0.287. The molecule has 3 nitrogen and oxygen atoms in total. The Morgan fingerprint density at radius 1 is 1.19 bits per heavy atom. The van der Waals surface area contributed by atoms with Crippen LogP contribution in [0.2, 0.25) is 10.0 Å². The Bertz CT molecular complexity index is 681. The lowest BCUT2D eigenvalue weighted by molar-refractivity contribution is -0.131. The van der Waals surface area contributed by atoms with Gasteiger partial charge < -0.3 is 9.84 Å². The van der Waals surface area contributed by atoms with Gasteiger partial charge in [0, 0.05) is 27.2 Å². The molecular weight excluding hydrogens is 311 g/mol. The Kier molecular flexibility index (Phi) is 5.26. The predicted octanol–water partition coefficient (Wildman–Crippen LogP) is 4.67. The van der Waals surface area contributed by atoms with Crippen molar-refractivity contribution in [1.82, 2.24) is 0 Å². The normalized spacial score (nSPS) is 10.8. The average molecular weight is 323 g/mol. The Morgan fingerprint density at radius 2 is 1.95 bits per heavy atom. The van der Waals surface area contributed by atoms with E-state index in [0.29, 0.717) is 21.4 Å². The third-order valence-corrected chi connectivity index (χ3v) is 3.32. The molecule has 2 aromatic rings. The second kappa shape index (κ2) is 7.16. The van der Waals surface area contributed by atoms with Crippen molar-refractivity contribution >= 4 is 35.2 Å². The van der Waals surface area contributed by atoms with Gasteiger partial charge in [-0.3, -0.25) is 0 Å². The molecule has 0 fully saturated rings. The maximum Gasteiger partial charge on any atom is 0.328 e. The van der Waals surface area contributed by atoms with Crippen molar-refractivity contribution in [3.63, 3.8) is 0 Å². The van der Waals surface area contributed by atoms with Crippen LogP contribution in [-0.4, -0.2) is 11.1 Å². The number of aliphatic carboxylic acids is 1. The van der Waals surface area contributed by atoms with E-state index in [2.05, 4.69) is 0 Å². The quantitative estimate of drug-likeness (QED) is 0.813. The molecular formula is C16H12Cl2O3. The van der Waals surface area contributed by atoms with E-state index in [1.165, 1.54) is 6.08 Å². The van der Waals surface area contributed by atoms with Crippen LogP contribution in [0.5, 0.6) is 5.75 Å². The zero-order valence-corrected chi connectivity index (χ0v) is 12.4. The molecule has 0 amide bonds. The summed E-state index contributed by atoms with van der Waals surface area (Å²) < 4.78 is 5.70. The summed E-state index contributed by atoms with van der Waals surface area (Å²) in [5.41, 5.74) is 1.44. The van der Waals surface area contributed by atoms with Crippen LogP contribution in [0, 0.1) is 0 Å². The number of carboxylic acids is 1. The van der Waals surface area contributed by atoms with Crippen LogP contribution < -0.4 is 4.74 Å². The second-order valence-corrected chi connectivity index (χ2v) is 5.08.